The molecule has 0 unspecified atom stereocenters. The maximum absolute atomic E-state index is 12.7. The minimum Gasteiger partial charge on any atom is -0.493 e. The van der Waals surface area contributed by atoms with E-state index in [0.29, 0.717) is 46.7 Å². The van der Waals surface area contributed by atoms with Gasteiger partial charge in [0.15, 0.2) is 11.5 Å². The molecule has 0 fully saturated rings. The Hall–Kier alpha value is -2.15. The van der Waals surface area contributed by atoms with Crippen molar-refractivity contribution in [2.45, 2.75) is 13.0 Å². The van der Waals surface area contributed by atoms with Crippen LogP contribution in [0.15, 0.2) is 36.4 Å². The molecule has 2 N–H and O–H groups in total. The van der Waals surface area contributed by atoms with Crippen molar-refractivity contribution >= 4 is 34.9 Å². The summed E-state index contributed by atoms with van der Waals surface area (Å²) in [5.74, 6) is 1.09. The molecule has 0 aromatic heterocycles. The largest absolute Gasteiger partial charge is 0.493 e. The van der Waals surface area contributed by atoms with Crippen LogP contribution in [0.25, 0.3) is 0 Å². The minimum atomic E-state index is -0.304. The van der Waals surface area contributed by atoms with Gasteiger partial charge >= 0.3 is 6.03 Å². The zero-order chi connectivity index (χ0) is 19.8. The fourth-order valence-corrected chi connectivity index (χ4v) is 2.81. The SMILES string of the molecule is COc1ccc(NC(=O)N(CCCO)Cc2ccc(Cl)c(Cl)c2)cc1OC. The monoisotopic (exact) mass is 412 g/mol. The highest BCUT2D eigenvalue weighted by molar-refractivity contribution is 6.42. The summed E-state index contributed by atoms with van der Waals surface area (Å²) < 4.78 is 10.5. The van der Waals surface area contributed by atoms with Crippen LogP contribution in [0, 0.1) is 0 Å². The number of carbonyl (C=O) groups is 1. The van der Waals surface area contributed by atoms with Crippen molar-refractivity contribution in [1.29, 1.82) is 0 Å². The first-order chi connectivity index (χ1) is 13.0. The third-order valence-corrected chi connectivity index (χ3v) is 4.60. The molecule has 0 saturated carbocycles. The van der Waals surface area contributed by atoms with E-state index in [9.17, 15) is 4.79 Å². The van der Waals surface area contributed by atoms with Crippen LogP contribution in [0.1, 0.15) is 12.0 Å². The summed E-state index contributed by atoms with van der Waals surface area (Å²) in [5.41, 5.74) is 1.41. The summed E-state index contributed by atoms with van der Waals surface area (Å²) in [5, 5.41) is 12.8. The molecule has 0 heterocycles. The lowest BCUT2D eigenvalue weighted by Gasteiger charge is -2.23. The Balaban J connectivity index is 2.15. The van der Waals surface area contributed by atoms with Gasteiger partial charge in [-0.2, -0.15) is 0 Å². The van der Waals surface area contributed by atoms with Crippen molar-refractivity contribution in [3.8, 4) is 11.5 Å². The number of halogens is 2. The van der Waals surface area contributed by atoms with Crippen LogP contribution in [0.5, 0.6) is 11.5 Å². The number of nitrogens with zero attached hydrogens (tertiary/aromatic N) is 1. The molecule has 0 bridgehead atoms. The first kappa shape index (κ1) is 21.2. The lowest BCUT2D eigenvalue weighted by Crippen LogP contribution is -2.35. The Morgan fingerprint density at radius 3 is 2.44 bits per heavy atom. The molecule has 146 valence electrons. The van der Waals surface area contributed by atoms with Gasteiger partial charge in [0.2, 0.25) is 0 Å². The van der Waals surface area contributed by atoms with E-state index in [1.165, 1.54) is 7.11 Å². The lowest BCUT2D eigenvalue weighted by molar-refractivity contribution is 0.199. The third kappa shape index (κ3) is 5.92. The molecular weight excluding hydrogens is 391 g/mol. The molecule has 2 amide bonds. The molecule has 0 radical (unpaired) electrons. The van der Waals surface area contributed by atoms with Crippen LogP contribution in [-0.4, -0.2) is 43.4 Å². The molecule has 0 aliphatic rings. The summed E-state index contributed by atoms with van der Waals surface area (Å²) in [6.07, 6.45) is 0.459. The predicted octanol–water partition coefficient (Wildman–Crippen LogP) is 4.43. The number of urea groups is 1. The van der Waals surface area contributed by atoms with E-state index in [0.717, 1.165) is 5.56 Å². The van der Waals surface area contributed by atoms with Crippen molar-refractivity contribution in [2.75, 3.05) is 32.7 Å². The number of rotatable bonds is 8. The summed E-state index contributed by atoms with van der Waals surface area (Å²) in [6, 6.07) is 10.0. The fraction of sp³-hybridized carbons (Fsp3) is 0.316. The topological polar surface area (TPSA) is 71.0 Å². The number of benzene rings is 2. The maximum Gasteiger partial charge on any atom is 0.322 e. The quantitative estimate of drug-likeness (QED) is 0.672. The van der Waals surface area contributed by atoms with Gasteiger partial charge in [0, 0.05) is 31.5 Å². The van der Waals surface area contributed by atoms with Gasteiger partial charge in [0.1, 0.15) is 0 Å². The first-order valence-corrected chi connectivity index (χ1v) is 9.06. The number of hydrogen-bond acceptors (Lipinski definition) is 4. The van der Waals surface area contributed by atoms with Crippen LogP contribution in [0.2, 0.25) is 10.0 Å². The molecule has 0 atom stereocenters. The Labute approximate surface area is 168 Å². The van der Waals surface area contributed by atoms with E-state index < -0.39 is 0 Å². The summed E-state index contributed by atoms with van der Waals surface area (Å²) in [4.78, 5) is 14.3. The van der Waals surface area contributed by atoms with Gasteiger partial charge in [-0.1, -0.05) is 29.3 Å². The lowest BCUT2D eigenvalue weighted by atomic mass is 10.2. The van der Waals surface area contributed by atoms with Gasteiger partial charge in [-0.05, 0) is 36.2 Å². The van der Waals surface area contributed by atoms with Crippen molar-refractivity contribution in [3.63, 3.8) is 0 Å². The van der Waals surface area contributed by atoms with Crippen molar-refractivity contribution in [1.82, 2.24) is 4.90 Å². The smallest absolute Gasteiger partial charge is 0.322 e. The molecule has 2 rings (SSSR count). The predicted molar refractivity (Wildman–Crippen MR) is 107 cm³/mol. The van der Waals surface area contributed by atoms with Gasteiger partial charge in [-0.3, -0.25) is 0 Å². The number of carbonyl (C=O) groups excluding carboxylic acids is 1. The van der Waals surface area contributed by atoms with Gasteiger partial charge in [-0.15, -0.1) is 0 Å². The number of hydrogen-bond donors (Lipinski definition) is 2. The highest BCUT2D eigenvalue weighted by Crippen LogP contribution is 2.30. The Bertz CT molecular complexity index is 786. The van der Waals surface area contributed by atoms with Crippen LogP contribution >= 0.6 is 23.2 Å². The third-order valence-electron chi connectivity index (χ3n) is 3.87. The molecule has 2 aromatic rings. The van der Waals surface area contributed by atoms with Gasteiger partial charge in [0.25, 0.3) is 0 Å². The fourth-order valence-electron chi connectivity index (χ4n) is 2.49. The molecule has 0 aliphatic heterocycles. The summed E-state index contributed by atoms with van der Waals surface area (Å²) >= 11 is 12.0. The molecule has 0 aliphatic carbocycles. The van der Waals surface area contributed by atoms with Crippen LogP contribution < -0.4 is 14.8 Å². The number of aliphatic hydroxyl groups excluding tert-OH is 1. The number of nitrogens with one attached hydrogen (secondary N) is 1. The molecule has 6 nitrogen and oxygen atoms in total. The number of ether oxygens (including phenoxy) is 2. The van der Waals surface area contributed by atoms with Gasteiger partial charge in [-0.25, -0.2) is 4.79 Å². The van der Waals surface area contributed by atoms with Crippen molar-refractivity contribution < 1.29 is 19.4 Å². The number of anilines is 1. The van der Waals surface area contributed by atoms with E-state index in [1.807, 2.05) is 6.07 Å². The van der Waals surface area contributed by atoms with E-state index in [2.05, 4.69) is 5.32 Å². The van der Waals surface area contributed by atoms with Crippen molar-refractivity contribution in [3.05, 3.63) is 52.0 Å². The Morgan fingerprint density at radius 1 is 1.07 bits per heavy atom. The normalized spacial score (nSPS) is 10.4. The zero-order valence-corrected chi connectivity index (χ0v) is 16.7. The average molecular weight is 413 g/mol. The second-order valence-corrected chi connectivity index (χ2v) is 6.56. The second kappa shape index (κ2) is 10.3. The molecule has 0 saturated heterocycles. The summed E-state index contributed by atoms with van der Waals surface area (Å²) in [6.45, 7) is 0.702. The van der Waals surface area contributed by atoms with Crippen molar-refractivity contribution in [2.24, 2.45) is 0 Å². The maximum atomic E-state index is 12.7. The minimum absolute atomic E-state index is 0.0124. The Kier molecular flexibility index (Phi) is 8.03. The molecule has 8 heteroatoms. The number of methoxy groups -OCH3 is 2. The summed E-state index contributed by atoms with van der Waals surface area (Å²) in [7, 11) is 3.07. The van der Waals surface area contributed by atoms with E-state index in [1.54, 1.807) is 42.3 Å². The van der Waals surface area contributed by atoms with Crippen LogP contribution in [-0.2, 0) is 6.54 Å². The molecular formula is C19H22Cl2N2O4. The van der Waals surface area contributed by atoms with Gasteiger partial charge < -0.3 is 24.8 Å². The highest BCUT2D eigenvalue weighted by atomic mass is 35.5. The van der Waals surface area contributed by atoms with E-state index in [-0.39, 0.29) is 12.6 Å². The molecule has 2 aromatic carbocycles. The van der Waals surface area contributed by atoms with Crippen LogP contribution in [0.4, 0.5) is 10.5 Å². The average Bonchev–Trinajstić information content (AvgIpc) is 2.67. The first-order valence-electron chi connectivity index (χ1n) is 8.31. The Morgan fingerprint density at radius 2 is 1.81 bits per heavy atom. The standard InChI is InChI=1S/C19H22Cl2N2O4/c1-26-17-7-5-14(11-18(17)27-2)22-19(25)23(8-3-9-24)12-13-4-6-15(20)16(21)10-13/h4-7,10-11,24H,3,8-9,12H2,1-2H3,(H,22,25). The zero-order valence-electron chi connectivity index (χ0n) is 15.2. The second-order valence-electron chi connectivity index (χ2n) is 5.75. The van der Waals surface area contributed by atoms with E-state index >= 15 is 0 Å². The number of amides is 2. The number of aliphatic hydroxyl groups is 1. The van der Waals surface area contributed by atoms with E-state index in [4.69, 9.17) is 37.8 Å². The molecule has 0 spiro atoms. The molecule has 27 heavy (non-hydrogen) atoms. The highest BCUT2D eigenvalue weighted by Gasteiger charge is 2.16. The van der Waals surface area contributed by atoms with Gasteiger partial charge in [0.05, 0.1) is 24.3 Å². The van der Waals surface area contributed by atoms with Crippen LogP contribution in [0.3, 0.4) is 0 Å².